The highest BCUT2D eigenvalue weighted by molar-refractivity contribution is 5.80. The van der Waals surface area contributed by atoms with Gasteiger partial charge in [0.1, 0.15) is 0 Å². The molecular formula is C16H28N2O3. The lowest BCUT2D eigenvalue weighted by atomic mass is 9.76. The van der Waals surface area contributed by atoms with Crippen LogP contribution in [0.4, 0.5) is 4.79 Å². The SMILES string of the molecule is CC(C)C1(CNC(=O)N2CCC(C(=O)O)(C(C)C)C2)CC1. The third kappa shape index (κ3) is 2.87. The minimum absolute atomic E-state index is 0.0261. The Morgan fingerprint density at radius 2 is 1.76 bits per heavy atom. The normalized spacial score (nSPS) is 27.2. The third-order valence-corrected chi connectivity index (χ3v) is 5.83. The summed E-state index contributed by atoms with van der Waals surface area (Å²) in [5.74, 6) is -0.183. The number of carboxylic acid groups (broad SMARTS) is 1. The van der Waals surface area contributed by atoms with E-state index in [-0.39, 0.29) is 17.4 Å². The molecule has 2 rings (SSSR count). The van der Waals surface area contributed by atoms with E-state index in [2.05, 4.69) is 19.2 Å². The molecule has 2 aliphatic rings. The summed E-state index contributed by atoms with van der Waals surface area (Å²) in [7, 11) is 0. The summed E-state index contributed by atoms with van der Waals surface area (Å²) in [6.45, 7) is 9.81. The van der Waals surface area contributed by atoms with Gasteiger partial charge >= 0.3 is 12.0 Å². The second-order valence-corrected chi connectivity index (χ2v) is 7.46. The molecule has 1 aliphatic carbocycles. The average Bonchev–Trinajstić information content (AvgIpc) is 3.05. The predicted octanol–water partition coefficient (Wildman–Crippen LogP) is 2.56. The Kier molecular flexibility index (Phi) is 4.22. The van der Waals surface area contributed by atoms with Crippen molar-refractivity contribution in [3.8, 4) is 0 Å². The second-order valence-electron chi connectivity index (χ2n) is 7.46. The van der Waals surface area contributed by atoms with Crippen molar-refractivity contribution in [2.24, 2.45) is 22.7 Å². The number of urea groups is 1. The molecule has 1 unspecified atom stereocenters. The van der Waals surface area contributed by atoms with E-state index in [9.17, 15) is 14.7 Å². The zero-order valence-electron chi connectivity index (χ0n) is 13.6. The van der Waals surface area contributed by atoms with Crippen molar-refractivity contribution in [1.29, 1.82) is 0 Å². The fourth-order valence-corrected chi connectivity index (χ4v) is 3.38. The van der Waals surface area contributed by atoms with Gasteiger partial charge in [0.05, 0.1) is 5.41 Å². The minimum Gasteiger partial charge on any atom is -0.481 e. The fourth-order valence-electron chi connectivity index (χ4n) is 3.38. The molecule has 1 aliphatic heterocycles. The monoisotopic (exact) mass is 296 g/mol. The van der Waals surface area contributed by atoms with Gasteiger partial charge in [-0.3, -0.25) is 4.79 Å². The minimum atomic E-state index is -0.785. The van der Waals surface area contributed by atoms with Crippen molar-refractivity contribution in [3.05, 3.63) is 0 Å². The number of carbonyl (C=O) groups is 2. The molecule has 1 saturated heterocycles. The number of carbonyl (C=O) groups excluding carboxylic acids is 1. The maximum atomic E-state index is 12.3. The summed E-state index contributed by atoms with van der Waals surface area (Å²) in [5.41, 5.74) is -0.510. The Bertz CT molecular complexity index is 429. The molecule has 0 aromatic rings. The van der Waals surface area contributed by atoms with Crippen molar-refractivity contribution in [1.82, 2.24) is 10.2 Å². The van der Waals surface area contributed by atoms with Crippen molar-refractivity contribution < 1.29 is 14.7 Å². The summed E-state index contributed by atoms with van der Waals surface area (Å²) >= 11 is 0. The average molecular weight is 296 g/mol. The standard InChI is InChI=1S/C16H28N2O3/c1-11(2)15(5-6-15)9-17-14(21)18-8-7-16(10-18,12(3)4)13(19)20/h11-12H,5-10H2,1-4H3,(H,17,21)(H,19,20). The first-order valence-corrected chi connectivity index (χ1v) is 8.00. The van der Waals surface area contributed by atoms with Crippen LogP contribution in [0.15, 0.2) is 0 Å². The second kappa shape index (κ2) is 5.50. The number of aliphatic carboxylic acids is 1. The van der Waals surface area contributed by atoms with Crippen molar-refractivity contribution in [2.45, 2.75) is 47.0 Å². The highest BCUT2D eigenvalue weighted by Crippen LogP contribution is 2.51. The zero-order chi connectivity index (χ0) is 15.8. The molecular weight excluding hydrogens is 268 g/mol. The van der Waals surface area contributed by atoms with Crippen LogP contribution in [0.3, 0.4) is 0 Å². The summed E-state index contributed by atoms with van der Waals surface area (Å²) < 4.78 is 0. The zero-order valence-corrected chi connectivity index (χ0v) is 13.6. The van der Waals surface area contributed by atoms with Gasteiger partial charge in [-0.25, -0.2) is 4.79 Å². The van der Waals surface area contributed by atoms with Crippen LogP contribution in [0.2, 0.25) is 0 Å². The number of nitrogens with one attached hydrogen (secondary N) is 1. The van der Waals surface area contributed by atoms with E-state index >= 15 is 0 Å². The number of hydrogen-bond donors (Lipinski definition) is 2. The Balaban J connectivity index is 1.92. The highest BCUT2D eigenvalue weighted by atomic mass is 16.4. The van der Waals surface area contributed by atoms with Gasteiger partial charge in [0.15, 0.2) is 0 Å². The number of nitrogens with zero attached hydrogens (tertiary/aromatic N) is 1. The van der Waals surface area contributed by atoms with Crippen LogP contribution in [0.25, 0.3) is 0 Å². The number of carboxylic acids is 1. The molecule has 2 N–H and O–H groups in total. The summed E-state index contributed by atoms with van der Waals surface area (Å²) in [5, 5.41) is 12.5. The maximum absolute atomic E-state index is 12.3. The first kappa shape index (κ1) is 16.1. The molecule has 2 fully saturated rings. The lowest BCUT2D eigenvalue weighted by molar-refractivity contribution is -0.150. The number of rotatable bonds is 5. The summed E-state index contributed by atoms with van der Waals surface area (Å²) in [6, 6.07) is -0.106. The molecule has 0 radical (unpaired) electrons. The fraction of sp³-hybridized carbons (Fsp3) is 0.875. The first-order valence-electron chi connectivity index (χ1n) is 8.00. The number of hydrogen-bond acceptors (Lipinski definition) is 2. The van der Waals surface area contributed by atoms with Gasteiger partial charge in [-0.1, -0.05) is 27.7 Å². The molecule has 1 saturated carbocycles. The molecule has 0 spiro atoms. The van der Waals surface area contributed by atoms with Gasteiger partial charge in [0, 0.05) is 19.6 Å². The number of amides is 2. The van der Waals surface area contributed by atoms with Gasteiger partial charge in [-0.05, 0) is 36.5 Å². The molecule has 1 atom stereocenters. The lowest BCUT2D eigenvalue weighted by Gasteiger charge is -2.29. The lowest BCUT2D eigenvalue weighted by Crippen LogP contribution is -2.45. The summed E-state index contributed by atoms with van der Waals surface area (Å²) in [6.07, 6.45) is 2.90. The molecule has 0 bridgehead atoms. The predicted molar refractivity (Wildman–Crippen MR) is 81.0 cm³/mol. The smallest absolute Gasteiger partial charge is 0.317 e. The molecule has 5 nitrogen and oxygen atoms in total. The molecule has 21 heavy (non-hydrogen) atoms. The van der Waals surface area contributed by atoms with Crippen molar-refractivity contribution >= 4 is 12.0 Å². The van der Waals surface area contributed by atoms with E-state index in [1.165, 1.54) is 12.8 Å². The van der Waals surface area contributed by atoms with Crippen molar-refractivity contribution in [3.63, 3.8) is 0 Å². The van der Waals surface area contributed by atoms with Crippen LogP contribution in [-0.4, -0.2) is 41.6 Å². The topological polar surface area (TPSA) is 69.6 Å². The van der Waals surface area contributed by atoms with Crippen LogP contribution >= 0.6 is 0 Å². The molecule has 120 valence electrons. The highest BCUT2D eigenvalue weighted by Gasteiger charge is 2.49. The molecule has 2 amide bonds. The van der Waals surface area contributed by atoms with Gasteiger partial charge in [0.25, 0.3) is 0 Å². The van der Waals surface area contributed by atoms with Gasteiger partial charge in [-0.15, -0.1) is 0 Å². The third-order valence-electron chi connectivity index (χ3n) is 5.83. The quantitative estimate of drug-likeness (QED) is 0.819. The summed E-state index contributed by atoms with van der Waals surface area (Å²) in [4.78, 5) is 25.6. The number of likely N-dealkylation sites (tertiary alicyclic amines) is 1. The Morgan fingerprint density at radius 3 is 2.14 bits per heavy atom. The van der Waals surface area contributed by atoms with E-state index < -0.39 is 11.4 Å². The Hall–Kier alpha value is -1.26. The Morgan fingerprint density at radius 1 is 1.14 bits per heavy atom. The molecule has 5 heteroatoms. The molecule has 0 aromatic carbocycles. The van der Waals surface area contributed by atoms with E-state index in [4.69, 9.17) is 0 Å². The van der Waals surface area contributed by atoms with Crippen LogP contribution < -0.4 is 5.32 Å². The van der Waals surface area contributed by atoms with Gasteiger partial charge < -0.3 is 15.3 Å². The first-order chi connectivity index (χ1) is 9.73. The van der Waals surface area contributed by atoms with Gasteiger partial charge in [-0.2, -0.15) is 0 Å². The Labute approximate surface area is 127 Å². The van der Waals surface area contributed by atoms with E-state index in [0.29, 0.717) is 32.0 Å². The van der Waals surface area contributed by atoms with Crippen LogP contribution in [0.1, 0.15) is 47.0 Å². The van der Waals surface area contributed by atoms with E-state index in [0.717, 1.165) is 0 Å². The van der Waals surface area contributed by atoms with Crippen molar-refractivity contribution in [2.75, 3.05) is 19.6 Å². The van der Waals surface area contributed by atoms with E-state index in [1.54, 1.807) is 4.90 Å². The van der Waals surface area contributed by atoms with Crippen LogP contribution in [0, 0.1) is 22.7 Å². The largest absolute Gasteiger partial charge is 0.481 e. The van der Waals surface area contributed by atoms with Gasteiger partial charge in [0.2, 0.25) is 0 Å². The van der Waals surface area contributed by atoms with E-state index in [1.807, 2.05) is 13.8 Å². The molecule has 0 aromatic heterocycles. The molecule has 1 heterocycles. The van der Waals surface area contributed by atoms with Crippen LogP contribution in [0.5, 0.6) is 0 Å². The maximum Gasteiger partial charge on any atom is 0.317 e. The van der Waals surface area contributed by atoms with Crippen LogP contribution in [-0.2, 0) is 4.79 Å².